The van der Waals surface area contributed by atoms with Crippen molar-refractivity contribution < 1.29 is 41.0 Å². The summed E-state index contributed by atoms with van der Waals surface area (Å²) >= 11 is 0. The van der Waals surface area contributed by atoms with E-state index < -0.39 is 38.0 Å². The summed E-state index contributed by atoms with van der Waals surface area (Å²) in [6, 6.07) is 12.3. The van der Waals surface area contributed by atoms with Gasteiger partial charge in [0.05, 0.1) is 9.79 Å². The average Bonchev–Trinajstić information content (AvgIpc) is 3.40. The number of carbonyl (C=O) groups is 2. The molecule has 4 rings (SSSR count). The molecule has 0 bridgehead atoms. The van der Waals surface area contributed by atoms with E-state index in [0.717, 1.165) is 5.69 Å². The Morgan fingerprint density at radius 1 is 0.927 bits per heavy atom. The maximum Gasteiger partial charge on any atom is 0.337 e. The average molecular weight is 615 g/mol. The Hall–Kier alpha value is -3.08. The van der Waals surface area contributed by atoms with E-state index in [1.165, 1.54) is 43.3 Å². The standard InChI is InChI=1S/C14H20N2O5S.C11H14N2O4S.CH4/c1-14(2)20-12(13(17)21-14)8-9-16-10-4-6-11(7-5-10)22(18,19)15-3;1-12-18(16,17)9-4-2-8(3-5-9)13-7-6-10(14)11(13)15;/h4-7,12,15-16H,8-9H2,1-3H3;2-5,10,12,14H,6-7H2,1H3;1H4/t12-;10-;/m11./s1. The van der Waals surface area contributed by atoms with Gasteiger partial charge in [0.25, 0.3) is 5.91 Å². The van der Waals surface area contributed by atoms with Crippen molar-refractivity contribution in [1.82, 2.24) is 9.44 Å². The van der Waals surface area contributed by atoms with Gasteiger partial charge >= 0.3 is 5.97 Å². The summed E-state index contributed by atoms with van der Waals surface area (Å²) in [4.78, 5) is 24.9. The topological polar surface area (TPSA) is 180 Å². The fourth-order valence-corrected chi connectivity index (χ4v) is 5.42. The Bertz CT molecular complexity index is 1410. The number of nitrogens with one attached hydrogen (secondary N) is 3. The van der Waals surface area contributed by atoms with E-state index in [9.17, 15) is 31.5 Å². The molecule has 41 heavy (non-hydrogen) atoms. The van der Waals surface area contributed by atoms with Crippen LogP contribution in [0.2, 0.25) is 0 Å². The number of benzene rings is 2. The van der Waals surface area contributed by atoms with Gasteiger partial charge in [-0.3, -0.25) is 4.79 Å². The Morgan fingerprint density at radius 2 is 1.44 bits per heavy atom. The second kappa shape index (κ2) is 13.7. The van der Waals surface area contributed by atoms with Crippen molar-refractivity contribution in [2.75, 3.05) is 37.4 Å². The Balaban J connectivity index is 0.000000285. The molecule has 2 fully saturated rings. The summed E-state index contributed by atoms with van der Waals surface area (Å²) in [5.41, 5.74) is 1.35. The van der Waals surface area contributed by atoms with E-state index in [0.29, 0.717) is 31.6 Å². The number of cyclic esters (lactones) is 1. The molecule has 2 atom stereocenters. The van der Waals surface area contributed by atoms with E-state index >= 15 is 0 Å². The van der Waals surface area contributed by atoms with E-state index in [1.807, 2.05) is 0 Å². The lowest BCUT2D eigenvalue weighted by Gasteiger charge is -2.16. The number of sulfonamides is 2. The highest BCUT2D eigenvalue weighted by atomic mass is 32.2. The zero-order valence-corrected chi connectivity index (χ0v) is 24.2. The lowest BCUT2D eigenvalue weighted by Crippen LogP contribution is -2.29. The Kier molecular flexibility index (Phi) is 11.4. The molecule has 2 aliphatic rings. The minimum atomic E-state index is -3.47. The number of anilines is 2. The minimum absolute atomic E-state index is 0. The third-order valence-corrected chi connectivity index (χ3v) is 8.97. The number of rotatable bonds is 9. The summed E-state index contributed by atoms with van der Waals surface area (Å²) in [5, 5.41) is 12.5. The first kappa shape index (κ1) is 34.1. The molecule has 0 unspecified atom stereocenters. The van der Waals surface area contributed by atoms with E-state index in [2.05, 4.69) is 14.8 Å². The summed E-state index contributed by atoms with van der Waals surface area (Å²) in [6.07, 6.45) is -0.661. The predicted molar refractivity (Wildman–Crippen MR) is 153 cm³/mol. The highest BCUT2D eigenvalue weighted by molar-refractivity contribution is 7.89. The number of esters is 1. The van der Waals surface area contributed by atoms with Gasteiger partial charge in [-0.1, -0.05) is 7.43 Å². The molecule has 2 saturated heterocycles. The van der Waals surface area contributed by atoms with Crippen molar-refractivity contribution in [2.45, 2.75) is 61.9 Å². The van der Waals surface area contributed by atoms with Crippen molar-refractivity contribution in [3.05, 3.63) is 48.5 Å². The van der Waals surface area contributed by atoms with Gasteiger partial charge in [0.1, 0.15) is 6.10 Å². The van der Waals surface area contributed by atoms with Gasteiger partial charge in [-0.05, 0) is 62.6 Å². The number of carbonyl (C=O) groups excluding carboxylic acids is 2. The van der Waals surface area contributed by atoms with Crippen LogP contribution in [0.4, 0.5) is 11.4 Å². The van der Waals surface area contributed by atoms with Crippen molar-refractivity contribution in [3.63, 3.8) is 0 Å². The monoisotopic (exact) mass is 614 g/mol. The van der Waals surface area contributed by atoms with Crippen LogP contribution in [0, 0.1) is 0 Å². The van der Waals surface area contributed by atoms with Gasteiger partial charge in [-0.2, -0.15) is 0 Å². The van der Waals surface area contributed by atoms with Gasteiger partial charge in [0.15, 0.2) is 6.10 Å². The molecule has 2 heterocycles. The van der Waals surface area contributed by atoms with E-state index in [-0.39, 0.29) is 29.1 Å². The van der Waals surface area contributed by atoms with E-state index in [1.54, 1.807) is 38.1 Å². The van der Waals surface area contributed by atoms with Crippen LogP contribution in [0.15, 0.2) is 58.3 Å². The molecule has 228 valence electrons. The Labute approximate surface area is 241 Å². The second-order valence-electron chi connectivity index (χ2n) is 9.37. The predicted octanol–water partition coefficient (Wildman–Crippen LogP) is 1.40. The highest BCUT2D eigenvalue weighted by Gasteiger charge is 2.40. The third-order valence-electron chi connectivity index (χ3n) is 6.11. The number of aliphatic hydroxyl groups excluding tert-OH is 1. The maximum absolute atomic E-state index is 11.6. The number of hydrogen-bond donors (Lipinski definition) is 4. The van der Waals surface area contributed by atoms with Crippen molar-refractivity contribution in [1.29, 1.82) is 0 Å². The van der Waals surface area contributed by atoms with Crippen molar-refractivity contribution in [2.24, 2.45) is 0 Å². The molecular formula is C26H38N4O9S2. The number of aliphatic hydroxyl groups is 1. The summed E-state index contributed by atoms with van der Waals surface area (Å²) in [7, 11) is -4.19. The molecule has 1 amide bonds. The molecule has 0 aromatic heterocycles. The van der Waals surface area contributed by atoms with Gasteiger partial charge in [0, 0.05) is 51.2 Å². The number of amides is 1. The van der Waals surface area contributed by atoms with Crippen LogP contribution < -0.4 is 19.7 Å². The number of hydrogen-bond acceptors (Lipinski definition) is 10. The van der Waals surface area contributed by atoms with Crippen LogP contribution in [0.1, 0.15) is 34.1 Å². The van der Waals surface area contributed by atoms with Crippen LogP contribution in [-0.2, 0) is 39.1 Å². The maximum atomic E-state index is 11.6. The molecule has 0 aliphatic carbocycles. The highest BCUT2D eigenvalue weighted by Crippen LogP contribution is 2.26. The SMILES string of the molecule is C.CNS(=O)(=O)c1ccc(N2CC[C@@H](O)C2=O)cc1.CNS(=O)(=O)c1ccc(NCC[C@H]2OC(C)(C)OC2=O)cc1. The molecule has 13 nitrogen and oxygen atoms in total. The Morgan fingerprint density at radius 3 is 1.85 bits per heavy atom. The quantitative estimate of drug-likeness (QED) is 0.302. The zero-order valence-electron chi connectivity index (χ0n) is 22.6. The normalized spacial score (nSPS) is 20.1. The first-order chi connectivity index (χ1) is 18.7. The van der Waals surface area contributed by atoms with Crippen molar-refractivity contribution in [3.8, 4) is 0 Å². The molecule has 2 aromatic rings. The van der Waals surface area contributed by atoms with Gasteiger partial charge in [-0.25, -0.2) is 31.1 Å². The fourth-order valence-electron chi connectivity index (χ4n) is 3.96. The largest absolute Gasteiger partial charge is 0.432 e. The summed E-state index contributed by atoms with van der Waals surface area (Å²) < 4.78 is 61.2. The second-order valence-corrected chi connectivity index (χ2v) is 13.1. The molecule has 0 radical (unpaired) electrons. The van der Waals surface area contributed by atoms with Crippen LogP contribution >= 0.6 is 0 Å². The van der Waals surface area contributed by atoms with E-state index in [4.69, 9.17) is 9.47 Å². The van der Waals surface area contributed by atoms with Gasteiger partial charge in [0.2, 0.25) is 25.8 Å². The molecular weight excluding hydrogens is 576 g/mol. The smallest absolute Gasteiger partial charge is 0.337 e. The molecule has 0 spiro atoms. The van der Waals surface area contributed by atoms with Crippen LogP contribution in [0.25, 0.3) is 0 Å². The zero-order chi connectivity index (χ0) is 29.7. The first-order valence-corrected chi connectivity index (χ1v) is 15.4. The number of ether oxygens (including phenoxy) is 2. The molecule has 15 heteroatoms. The van der Waals surface area contributed by atoms with Crippen molar-refractivity contribution >= 4 is 43.3 Å². The fraction of sp³-hybridized carbons (Fsp3) is 0.462. The number of nitrogens with zero attached hydrogens (tertiary/aromatic N) is 1. The van der Waals surface area contributed by atoms with Gasteiger partial charge < -0.3 is 24.8 Å². The van der Waals surface area contributed by atoms with Crippen LogP contribution in [0.3, 0.4) is 0 Å². The molecule has 2 aliphatic heterocycles. The minimum Gasteiger partial charge on any atom is -0.432 e. The molecule has 4 N–H and O–H groups in total. The molecule has 2 aromatic carbocycles. The van der Waals surface area contributed by atoms with Gasteiger partial charge in [-0.15, -0.1) is 0 Å². The van der Waals surface area contributed by atoms with Crippen LogP contribution in [-0.4, -0.2) is 79.0 Å². The summed E-state index contributed by atoms with van der Waals surface area (Å²) in [6.45, 7) is 4.34. The van der Waals surface area contributed by atoms with Crippen LogP contribution in [0.5, 0.6) is 0 Å². The first-order valence-electron chi connectivity index (χ1n) is 12.4. The third kappa shape index (κ3) is 8.70. The molecule has 0 saturated carbocycles. The lowest BCUT2D eigenvalue weighted by atomic mass is 10.2. The summed E-state index contributed by atoms with van der Waals surface area (Å²) in [5.74, 6) is -1.58. The lowest BCUT2D eigenvalue weighted by molar-refractivity contribution is -0.160.